The van der Waals surface area contributed by atoms with Crippen LogP contribution in [0, 0.1) is 5.92 Å². The van der Waals surface area contributed by atoms with Crippen LogP contribution in [0.2, 0.25) is 0 Å². The molecule has 156 valence electrons. The summed E-state index contributed by atoms with van der Waals surface area (Å²) < 4.78 is 0. The van der Waals surface area contributed by atoms with E-state index in [0.29, 0.717) is 13.1 Å². The molecular formula is C22H30N4O2S. The van der Waals surface area contributed by atoms with Crippen LogP contribution >= 0.6 is 11.3 Å². The molecule has 29 heavy (non-hydrogen) atoms. The Balaban J connectivity index is 1.48. The summed E-state index contributed by atoms with van der Waals surface area (Å²) in [5, 5.41) is 2.09. The normalized spacial score (nSPS) is 21.0. The van der Waals surface area contributed by atoms with E-state index in [1.165, 1.54) is 4.88 Å². The fourth-order valence-electron chi connectivity index (χ4n) is 4.34. The molecule has 1 amide bonds. The van der Waals surface area contributed by atoms with Gasteiger partial charge in [-0.15, -0.1) is 11.3 Å². The average Bonchev–Trinajstić information content (AvgIpc) is 3.26. The predicted molar refractivity (Wildman–Crippen MR) is 115 cm³/mol. The lowest BCUT2D eigenvalue weighted by molar-refractivity contribution is -0.136. The van der Waals surface area contributed by atoms with Gasteiger partial charge in [0.2, 0.25) is 5.91 Å². The molecule has 0 spiro atoms. The zero-order chi connectivity index (χ0) is 20.4. The molecule has 1 saturated heterocycles. The van der Waals surface area contributed by atoms with Crippen molar-refractivity contribution in [3.05, 3.63) is 49.8 Å². The van der Waals surface area contributed by atoms with Gasteiger partial charge >= 0.3 is 0 Å². The summed E-state index contributed by atoms with van der Waals surface area (Å²) in [5.41, 5.74) is 1.74. The number of rotatable bonds is 5. The quantitative estimate of drug-likeness (QED) is 0.816. The number of nitrogens with one attached hydrogen (secondary N) is 1. The van der Waals surface area contributed by atoms with Crippen LogP contribution in [-0.2, 0) is 24.3 Å². The molecular weight excluding hydrogens is 384 g/mol. The molecule has 4 heterocycles. The van der Waals surface area contributed by atoms with E-state index in [1.807, 2.05) is 18.7 Å². The molecule has 0 saturated carbocycles. The van der Waals surface area contributed by atoms with Gasteiger partial charge in [0.1, 0.15) is 5.82 Å². The molecule has 0 radical (unpaired) electrons. The number of aromatic amines is 1. The van der Waals surface area contributed by atoms with Crippen molar-refractivity contribution >= 4 is 17.2 Å². The number of likely N-dealkylation sites (tertiary alicyclic amines) is 1. The molecule has 6 nitrogen and oxygen atoms in total. The van der Waals surface area contributed by atoms with Crippen LogP contribution in [0.3, 0.4) is 0 Å². The van der Waals surface area contributed by atoms with Crippen LogP contribution in [0.25, 0.3) is 0 Å². The number of amides is 1. The first-order valence-electron chi connectivity index (χ1n) is 10.7. The highest BCUT2D eigenvalue weighted by Gasteiger charge is 2.30. The average molecular weight is 415 g/mol. The number of thiophene rings is 1. The van der Waals surface area contributed by atoms with Gasteiger partial charge in [-0.05, 0) is 30.7 Å². The number of hydrogen-bond acceptors (Lipinski definition) is 5. The second-order valence-electron chi connectivity index (χ2n) is 8.35. The van der Waals surface area contributed by atoms with Crippen LogP contribution in [0.4, 0.5) is 0 Å². The van der Waals surface area contributed by atoms with Crippen LogP contribution in [0.5, 0.6) is 0 Å². The van der Waals surface area contributed by atoms with Gasteiger partial charge in [-0.3, -0.25) is 14.5 Å². The number of carbonyl (C=O) groups excluding carboxylic acids is 1. The molecule has 2 aliphatic rings. The number of piperidine rings is 1. The van der Waals surface area contributed by atoms with Crippen LogP contribution in [0.15, 0.2) is 22.3 Å². The van der Waals surface area contributed by atoms with Crippen molar-refractivity contribution in [3.8, 4) is 0 Å². The predicted octanol–water partition coefficient (Wildman–Crippen LogP) is 3.14. The number of carbonyl (C=O) groups is 1. The minimum atomic E-state index is -0.00810. The van der Waals surface area contributed by atoms with Gasteiger partial charge in [0, 0.05) is 55.9 Å². The van der Waals surface area contributed by atoms with Crippen LogP contribution in [-0.4, -0.2) is 45.3 Å². The standard InChI is InChI=1S/C22H30N4O2S/c1-3-15(2)22(28)26-9-4-6-16(12-26)20-23-19-8-10-25(13-17-7-5-11-29-17)14-18(19)21(27)24-20/h5,7,11,15-16H,3-4,6,8-10,12-14H2,1-2H3,(H,23,24,27)/t15-,16-/m0/s1. The summed E-state index contributed by atoms with van der Waals surface area (Å²) in [6.07, 6.45) is 3.59. The molecule has 2 aromatic rings. The van der Waals surface area contributed by atoms with E-state index in [4.69, 9.17) is 4.98 Å². The lowest BCUT2D eigenvalue weighted by Gasteiger charge is -2.34. The van der Waals surface area contributed by atoms with Crippen molar-refractivity contribution in [1.82, 2.24) is 19.8 Å². The summed E-state index contributed by atoms with van der Waals surface area (Å²) in [5.74, 6) is 1.17. The number of nitrogens with zero attached hydrogens (tertiary/aromatic N) is 3. The molecule has 0 bridgehead atoms. The Morgan fingerprint density at radius 1 is 1.41 bits per heavy atom. The maximum absolute atomic E-state index is 12.8. The summed E-state index contributed by atoms with van der Waals surface area (Å²) in [7, 11) is 0. The molecule has 2 atom stereocenters. The lowest BCUT2D eigenvalue weighted by atomic mass is 9.95. The van der Waals surface area contributed by atoms with E-state index in [0.717, 1.165) is 62.4 Å². The van der Waals surface area contributed by atoms with Crippen molar-refractivity contribution in [1.29, 1.82) is 0 Å². The van der Waals surface area contributed by atoms with E-state index < -0.39 is 0 Å². The SMILES string of the molecule is CC[C@H](C)C(=O)N1CCC[C@H](c2nc3c(c(=O)[nH]2)CN(Cc2cccs2)CC3)C1. The number of H-pyrrole nitrogens is 1. The van der Waals surface area contributed by atoms with Gasteiger partial charge in [0.25, 0.3) is 5.56 Å². The molecule has 4 rings (SSSR count). The Morgan fingerprint density at radius 2 is 2.28 bits per heavy atom. The highest BCUT2D eigenvalue weighted by molar-refractivity contribution is 7.09. The van der Waals surface area contributed by atoms with Crippen LogP contribution < -0.4 is 5.56 Å². The number of fused-ring (bicyclic) bond motifs is 1. The summed E-state index contributed by atoms with van der Waals surface area (Å²) in [4.78, 5) is 39.0. The first-order valence-corrected chi connectivity index (χ1v) is 11.6. The van der Waals surface area contributed by atoms with Gasteiger partial charge in [0.15, 0.2) is 0 Å². The minimum Gasteiger partial charge on any atom is -0.342 e. The van der Waals surface area contributed by atoms with Crippen molar-refractivity contribution in [2.45, 2.75) is 58.5 Å². The number of aromatic nitrogens is 2. The Kier molecular flexibility index (Phi) is 6.15. The molecule has 7 heteroatoms. The Labute approximate surface area is 176 Å². The molecule has 1 N–H and O–H groups in total. The molecule has 0 unspecified atom stereocenters. The summed E-state index contributed by atoms with van der Waals surface area (Å²) in [6.45, 7) is 7.97. The third-order valence-electron chi connectivity index (χ3n) is 6.28. The minimum absolute atomic E-state index is 0.00810. The van der Waals surface area contributed by atoms with E-state index in [9.17, 15) is 9.59 Å². The second kappa shape index (κ2) is 8.79. The van der Waals surface area contributed by atoms with Crippen molar-refractivity contribution in [3.63, 3.8) is 0 Å². The highest BCUT2D eigenvalue weighted by Crippen LogP contribution is 2.27. The van der Waals surface area contributed by atoms with E-state index in [2.05, 4.69) is 27.4 Å². The fraction of sp³-hybridized carbons (Fsp3) is 0.591. The maximum Gasteiger partial charge on any atom is 0.255 e. The zero-order valence-corrected chi connectivity index (χ0v) is 18.1. The maximum atomic E-state index is 12.8. The van der Waals surface area contributed by atoms with Crippen LogP contribution in [0.1, 0.15) is 61.0 Å². The van der Waals surface area contributed by atoms with Crippen molar-refractivity contribution in [2.24, 2.45) is 5.92 Å². The number of hydrogen-bond donors (Lipinski definition) is 1. The first kappa shape index (κ1) is 20.3. The first-order chi connectivity index (χ1) is 14.0. The largest absolute Gasteiger partial charge is 0.342 e. The van der Waals surface area contributed by atoms with Crippen molar-refractivity contribution in [2.75, 3.05) is 19.6 Å². The summed E-state index contributed by atoms with van der Waals surface area (Å²) >= 11 is 1.75. The van der Waals surface area contributed by atoms with Gasteiger partial charge in [-0.2, -0.15) is 0 Å². The molecule has 0 aliphatic carbocycles. The second-order valence-corrected chi connectivity index (χ2v) is 9.38. The zero-order valence-electron chi connectivity index (χ0n) is 17.3. The Bertz CT molecular complexity index is 908. The summed E-state index contributed by atoms with van der Waals surface area (Å²) in [6, 6.07) is 4.21. The topological polar surface area (TPSA) is 69.3 Å². The third kappa shape index (κ3) is 4.46. The Morgan fingerprint density at radius 3 is 3.03 bits per heavy atom. The van der Waals surface area contributed by atoms with E-state index in [-0.39, 0.29) is 23.3 Å². The lowest BCUT2D eigenvalue weighted by Crippen LogP contribution is -2.43. The molecule has 2 aromatic heterocycles. The molecule has 1 fully saturated rings. The smallest absolute Gasteiger partial charge is 0.255 e. The monoisotopic (exact) mass is 414 g/mol. The Hall–Kier alpha value is -1.99. The van der Waals surface area contributed by atoms with Gasteiger partial charge < -0.3 is 9.88 Å². The fourth-order valence-corrected chi connectivity index (χ4v) is 5.08. The molecule has 2 aliphatic heterocycles. The van der Waals surface area contributed by atoms with Gasteiger partial charge in [-0.25, -0.2) is 4.98 Å². The van der Waals surface area contributed by atoms with E-state index in [1.54, 1.807) is 11.3 Å². The van der Waals surface area contributed by atoms with Crippen molar-refractivity contribution < 1.29 is 4.79 Å². The van der Waals surface area contributed by atoms with E-state index >= 15 is 0 Å². The highest BCUT2D eigenvalue weighted by atomic mass is 32.1. The van der Waals surface area contributed by atoms with Gasteiger partial charge in [0.05, 0.1) is 11.3 Å². The van der Waals surface area contributed by atoms with Gasteiger partial charge in [-0.1, -0.05) is 19.9 Å². The third-order valence-corrected chi connectivity index (χ3v) is 7.14. The molecule has 0 aromatic carbocycles.